The van der Waals surface area contributed by atoms with Gasteiger partial charge in [0.1, 0.15) is 5.69 Å². The summed E-state index contributed by atoms with van der Waals surface area (Å²) in [6, 6.07) is 3.25. The van der Waals surface area contributed by atoms with Crippen LogP contribution in [0.25, 0.3) is 0 Å². The van der Waals surface area contributed by atoms with Crippen LogP contribution in [0.3, 0.4) is 0 Å². The Hall–Kier alpha value is -2.11. The molecule has 0 aromatic heterocycles. The van der Waals surface area contributed by atoms with Crippen molar-refractivity contribution >= 4 is 23.0 Å². The lowest BCUT2D eigenvalue weighted by molar-refractivity contribution is -0.383. The lowest BCUT2D eigenvalue weighted by Crippen LogP contribution is -2.31. The first-order chi connectivity index (χ1) is 9.82. The van der Waals surface area contributed by atoms with Crippen molar-refractivity contribution in [1.82, 2.24) is 0 Å². The van der Waals surface area contributed by atoms with Crippen LogP contribution in [0.5, 0.6) is 0 Å². The quantitative estimate of drug-likeness (QED) is 0.642. The van der Waals surface area contributed by atoms with E-state index < -0.39 is 4.92 Å². The van der Waals surface area contributed by atoms with Crippen molar-refractivity contribution in [2.24, 2.45) is 0 Å². The Bertz CT molecular complexity index is 582. The number of hydrogen-bond donors (Lipinski definition) is 2. The van der Waals surface area contributed by atoms with Gasteiger partial charge in [-0.1, -0.05) is 13.3 Å². The zero-order valence-corrected chi connectivity index (χ0v) is 12.7. The van der Waals surface area contributed by atoms with E-state index in [4.69, 9.17) is 0 Å². The van der Waals surface area contributed by atoms with Gasteiger partial charge in [-0.15, -0.1) is 0 Å². The molecule has 6 nitrogen and oxygen atoms in total. The predicted molar refractivity (Wildman–Crippen MR) is 82.7 cm³/mol. The summed E-state index contributed by atoms with van der Waals surface area (Å²) in [5.74, 6) is -0.0937. The monoisotopic (exact) mass is 291 g/mol. The third-order valence-corrected chi connectivity index (χ3v) is 3.66. The number of hydrogen-bond acceptors (Lipinski definition) is 4. The number of benzene rings is 1. The first-order valence-corrected chi connectivity index (χ1v) is 7.22. The molecule has 114 valence electrons. The van der Waals surface area contributed by atoms with Crippen LogP contribution in [-0.2, 0) is 11.2 Å². The van der Waals surface area contributed by atoms with E-state index in [1.165, 1.54) is 6.07 Å². The molecule has 1 amide bonds. The normalized spacial score (nSPS) is 14.3. The van der Waals surface area contributed by atoms with Crippen molar-refractivity contribution in [3.63, 3.8) is 0 Å². The highest BCUT2D eigenvalue weighted by molar-refractivity contribution is 5.95. The molecule has 0 aliphatic carbocycles. The SMILES string of the molecule is CCCC(C)(C)Nc1cc2c(cc1[N+](=O)[O-])NC(=O)CC2. The van der Waals surface area contributed by atoms with E-state index in [2.05, 4.69) is 17.6 Å². The Morgan fingerprint density at radius 3 is 2.71 bits per heavy atom. The first-order valence-electron chi connectivity index (χ1n) is 7.22. The van der Waals surface area contributed by atoms with Crippen LogP contribution >= 0.6 is 0 Å². The number of carbonyl (C=O) groups excluding carboxylic acids is 1. The molecule has 1 heterocycles. The van der Waals surface area contributed by atoms with Crippen LogP contribution in [0, 0.1) is 10.1 Å². The molecule has 2 N–H and O–H groups in total. The van der Waals surface area contributed by atoms with Crippen LogP contribution in [0.1, 0.15) is 45.6 Å². The summed E-state index contributed by atoms with van der Waals surface area (Å²) in [5.41, 5.74) is 1.80. The predicted octanol–water partition coefficient (Wildman–Crippen LogP) is 3.47. The van der Waals surface area contributed by atoms with Gasteiger partial charge in [-0.25, -0.2) is 0 Å². The summed E-state index contributed by atoms with van der Waals surface area (Å²) in [5, 5.41) is 17.3. The van der Waals surface area contributed by atoms with Crippen molar-refractivity contribution in [3.8, 4) is 0 Å². The molecule has 0 bridgehead atoms. The van der Waals surface area contributed by atoms with Gasteiger partial charge in [-0.05, 0) is 38.3 Å². The van der Waals surface area contributed by atoms with Gasteiger partial charge in [0.15, 0.2) is 0 Å². The molecule has 0 spiro atoms. The molecule has 0 unspecified atom stereocenters. The maximum absolute atomic E-state index is 11.4. The van der Waals surface area contributed by atoms with Gasteiger partial charge in [0.2, 0.25) is 5.91 Å². The minimum Gasteiger partial charge on any atom is -0.375 e. The molecule has 1 aliphatic rings. The van der Waals surface area contributed by atoms with Crippen molar-refractivity contribution in [1.29, 1.82) is 0 Å². The number of nitro groups is 1. The van der Waals surface area contributed by atoms with Crippen LogP contribution in [0.4, 0.5) is 17.1 Å². The molecule has 1 aromatic rings. The second-order valence-electron chi connectivity index (χ2n) is 6.09. The van der Waals surface area contributed by atoms with Gasteiger partial charge in [0.05, 0.1) is 10.6 Å². The maximum atomic E-state index is 11.4. The number of rotatable bonds is 5. The van der Waals surface area contributed by atoms with Crippen molar-refractivity contribution in [2.45, 2.75) is 52.0 Å². The lowest BCUT2D eigenvalue weighted by Gasteiger charge is -2.28. The van der Waals surface area contributed by atoms with Gasteiger partial charge < -0.3 is 10.6 Å². The van der Waals surface area contributed by atoms with Gasteiger partial charge >= 0.3 is 0 Å². The first kappa shape index (κ1) is 15.3. The minimum atomic E-state index is -0.411. The molecule has 0 saturated carbocycles. The van der Waals surface area contributed by atoms with Crippen LogP contribution < -0.4 is 10.6 Å². The Morgan fingerprint density at radius 1 is 1.38 bits per heavy atom. The van der Waals surface area contributed by atoms with Gasteiger partial charge in [-0.3, -0.25) is 14.9 Å². The summed E-state index contributed by atoms with van der Waals surface area (Å²) in [7, 11) is 0. The Morgan fingerprint density at radius 2 is 2.10 bits per heavy atom. The van der Waals surface area contributed by atoms with Crippen LogP contribution in [-0.4, -0.2) is 16.4 Å². The van der Waals surface area contributed by atoms with E-state index in [0.29, 0.717) is 24.2 Å². The van der Waals surface area contributed by atoms with Gasteiger partial charge in [-0.2, -0.15) is 0 Å². The van der Waals surface area contributed by atoms with Crippen molar-refractivity contribution in [2.75, 3.05) is 10.6 Å². The molecule has 0 saturated heterocycles. The second-order valence-corrected chi connectivity index (χ2v) is 6.09. The highest BCUT2D eigenvalue weighted by Crippen LogP contribution is 2.36. The number of nitro benzene ring substituents is 1. The fraction of sp³-hybridized carbons (Fsp3) is 0.533. The number of amides is 1. The Kier molecular flexibility index (Phi) is 4.16. The number of anilines is 2. The molecular weight excluding hydrogens is 270 g/mol. The molecule has 1 aromatic carbocycles. The van der Waals surface area contributed by atoms with E-state index >= 15 is 0 Å². The second kappa shape index (κ2) is 5.71. The number of nitrogens with zero attached hydrogens (tertiary/aromatic N) is 1. The Balaban J connectivity index is 2.40. The topological polar surface area (TPSA) is 84.3 Å². The molecule has 2 rings (SSSR count). The molecule has 1 aliphatic heterocycles. The average molecular weight is 291 g/mol. The average Bonchev–Trinajstić information content (AvgIpc) is 2.37. The van der Waals surface area contributed by atoms with E-state index in [0.717, 1.165) is 18.4 Å². The van der Waals surface area contributed by atoms with Gasteiger partial charge in [0.25, 0.3) is 5.69 Å². The smallest absolute Gasteiger partial charge is 0.294 e. The number of carbonyl (C=O) groups is 1. The van der Waals surface area contributed by atoms with E-state index in [1.54, 1.807) is 6.07 Å². The largest absolute Gasteiger partial charge is 0.375 e. The van der Waals surface area contributed by atoms with Crippen LogP contribution in [0.15, 0.2) is 12.1 Å². The van der Waals surface area contributed by atoms with Crippen LogP contribution in [0.2, 0.25) is 0 Å². The lowest BCUT2D eigenvalue weighted by atomic mass is 9.96. The zero-order chi connectivity index (χ0) is 15.6. The number of nitrogens with one attached hydrogen (secondary N) is 2. The maximum Gasteiger partial charge on any atom is 0.294 e. The fourth-order valence-electron chi connectivity index (χ4n) is 2.72. The third-order valence-electron chi connectivity index (χ3n) is 3.66. The fourth-order valence-corrected chi connectivity index (χ4v) is 2.72. The van der Waals surface area contributed by atoms with Crippen molar-refractivity contribution < 1.29 is 9.72 Å². The summed E-state index contributed by atoms with van der Waals surface area (Å²) >= 11 is 0. The molecule has 0 radical (unpaired) electrons. The van der Waals surface area contributed by atoms with E-state index in [-0.39, 0.29) is 17.1 Å². The molecule has 21 heavy (non-hydrogen) atoms. The zero-order valence-electron chi connectivity index (χ0n) is 12.7. The molecule has 0 atom stereocenters. The highest BCUT2D eigenvalue weighted by Gasteiger charge is 2.26. The summed E-state index contributed by atoms with van der Waals surface area (Å²) < 4.78 is 0. The van der Waals surface area contributed by atoms with E-state index in [1.807, 2.05) is 13.8 Å². The number of fused-ring (bicyclic) bond motifs is 1. The molecule has 6 heteroatoms. The number of aryl methyl sites for hydroxylation is 1. The van der Waals surface area contributed by atoms with E-state index in [9.17, 15) is 14.9 Å². The van der Waals surface area contributed by atoms with Crippen molar-refractivity contribution in [3.05, 3.63) is 27.8 Å². The third kappa shape index (κ3) is 3.51. The van der Waals surface area contributed by atoms with Gasteiger partial charge in [0, 0.05) is 18.0 Å². The summed E-state index contributed by atoms with van der Waals surface area (Å²) in [6.45, 7) is 6.14. The summed E-state index contributed by atoms with van der Waals surface area (Å²) in [6.07, 6.45) is 2.94. The summed E-state index contributed by atoms with van der Waals surface area (Å²) in [4.78, 5) is 22.3. The molecular formula is C15H21N3O3. The minimum absolute atomic E-state index is 0.000119. The highest BCUT2D eigenvalue weighted by atomic mass is 16.6. The Labute approximate surface area is 124 Å². The standard InChI is InChI=1S/C15H21N3O3/c1-4-7-15(2,3)17-12-8-10-5-6-14(19)16-11(10)9-13(12)18(20)21/h8-9,17H,4-7H2,1-3H3,(H,16,19). The molecule has 0 fully saturated rings.